The van der Waals surface area contributed by atoms with E-state index in [0.717, 1.165) is 105 Å². The van der Waals surface area contributed by atoms with Gasteiger partial charge < -0.3 is 0 Å². The van der Waals surface area contributed by atoms with E-state index in [2.05, 4.69) is 189 Å². The normalized spacial score (nSPS) is 14.8. The lowest BCUT2D eigenvalue weighted by atomic mass is 9.65. The quantitative estimate of drug-likeness (QED) is 0.115. The summed E-state index contributed by atoms with van der Waals surface area (Å²) in [6.45, 7) is 5.95. The van der Waals surface area contributed by atoms with Gasteiger partial charge in [-0.2, -0.15) is 0 Å². The fourth-order valence-electron chi connectivity index (χ4n) is 9.78. The molecule has 0 N–H and O–H groups in total. The van der Waals surface area contributed by atoms with Gasteiger partial charge in [-0.3, -0.25) is 0 Å². The number of rotatable bonds is 12. The van der Waals surface area contributed by atoms with Gasteiger partial charge in [-0.25, -0.2) is 19.9 Å². The van der Waals surface area contributed by atoms with Gasteiger partial charge in [0.05, 0.1) is 22.8 Å². The molecule has 2 aliphatic carbocycles. The van der Waals surface area contributed by atoms with Crippen LogP contribution in [-0.2, 0) is 5.41 Å². The largest absolute Gasteiger partial charge is 0.228 e. The Bertz CT molecular complexity index is 3120. The summed E-state index contributed by atoms with van der Waals surface area (Å²) in [5.41, 5.74) is 17.2. The average Bonchev–Trinajstić information content (AvgIpc) is 3.41. The van der Waals surface area contributed by atoms with Gasteiger partial charge in [0.1, 0.15) is 0 Å². The van der Waals surface area contributed by atoms with Crippen LogP contribution in [0.25, 0.3) is 78.7 Å². The highest BCUT2D eigenvalue weighted by molar-refractivity contribution is 5.79. The fraction of sp³-hybridized carbons (Fsp3) is 0.143. The molecule has 0 aliphatic heterocycles. The van der Waals surface area contributed by atoms with Crippen LogP contribution >= 0.6 is 0 Å². The van der Waals surface area contributed by atoms with E-state index in [0.29, 0.717) is 0 Å². The summed E-state index contributed by atoms with van der Waals surface area (Å²) in [5, 5.41) is 0. The zero-order valence-corrected chi connectivity index (χ0v) is 38.2. The maximum Gasteiger partial charge on any atom is 0.160 e. The predicted molar refractivity (Wildman–Crippen MR) is 280 cm³/mol. The van der Waals surface area contributed by atoms with Crippen LogP contribution in [0.15, 0.2) is 219 Å². The Labute approximate surface area is 395 Å². The summed E-state index contributed by atoms with van der Waals surface area (Å²) in [6.07, 6.45) is 22.6. The van der Waals surface area contributed by atoms with Gasteiger partial charge in [0.15, 0.2) is 11.6 Å². The second-order valence-electron chi connectivity index (χ2n) is 17.6. The first-order valence-corrected chi connectivity index (χ1v) is 23.7. The van der Waals surface area contributed by atoms with Gasteiger partial charge in [0.25, 0.3) is 0 Å². The van der Waals surface area contributed by atoms with Gasteiger partial charge in [-0.1, -0.05) is 226 Å². The van der Waals surface area contributed by atoms with Crippen LogP contribution < -0.4 is 0 Å². The number of aromatic nitrogens is 4. The molecule has 2 aromatic heterocycles. The molecule has 0 amide bonds. The van der Waals surface area contributed by atoms with Gasteiger partial charge in [-0.05, 0) is 78.1 Å². The van der Waals surface area contributed by atoms with Crippen molar-refractivity contribution in [2.45, 2.75) is 57.3 Å². The molecule has 0 unspecified atom stereocenters. The van der Waals surface area contributed by atoms with Crippen molar-refractivity contribution in [2.75, 3.05) is 0 Å². The van der Waals surface area contributed by atoms with Crippen LogP contribution in [0.3, 0.4) is 0 Å². The molecule has 0 radical (unpaired) electrons. The molecule has 1 fully saturated rings. The lowest BCUT2D eigenvalue weighted by molar-refractivity contribution is 0.346. The number of nitrogens with zero attached hydrogens (tertiary/aromatic N) is 4. The monoisotopic (exact) mass is 866 g/mol. The predicted octanol–water partition coefficient (Wildman–Crippen LogP) is 16.4. The van der Waals surface area contributed by atoms with E-state index >= 15 is 0 Å². The minimum atomic E-state index is -0.0881. The third kappa shape index (κ3) is 9.34. The van der Waals surface area contributed by atoms with Crippen molar-refractivity contribution in [1.29, 1.82) is 0 Å². The molecule has 2 aliphatic rings. The molecule has 4 heteroatoms. The molecule has 1 saturated carbocycles. The summed E-state index contributed by atoms with van der Waals surface area (Å²) in [4.78, 5) is 20.6. The third-order valence-electron chi connectivity index (χ3n) is 13.4. The average molecular weight is 867 g/mol. The van der Waals surface area contributed by atoms with Crippen LogP contribution in [0.4, 0.5) is 0 Å². The van der Waals surface area contributed by atoms with Crippen molar-refractivity contribution in [3.63, 3.8) is 0 Å². The van der Waals surface area contributed by atoms with Crippen molar-refractivity contribution in [1.82, 2.24) is 19.9 Å². The Kier molecular flexibility index (Phi) is 12.7. The zero-order valence-electron chi connectivity index (χ0n) is 38.2. The molecular weight excluding hydrogens is 813 g/mol. The molecule has 326 valence electrons. The van der Waals surface area contributed by atoms with E-state index in [1.165, 1.54) is 41.5 Å². The second kappa shape index (κ2) is 19.7. The maximum atomic E-state index is 5.20. The Morgan fingerprint density at radius 3 is 1.45 bits per heavy atom. The smallest absolute Gasteiger partial charge is 0.160 e. The summed E-state index contributed by atoms with van der Waals surface area (Å²) in [7, 11) is 0. The van der Waals surface area contributed by atoms with Crippen LogP contribution in [0.2, 0.25) is 0 Å². The lowest BCUT2D eigenvalue weighted by Crippen LogP contribution is -2.30. The van der Waals surface area contributed by atoms with Crippen LogP contribution in [0, 0.1) is 0 Å². The molecular formula is C63H54N4. The van der Waals surface area contributed by atoms with E-state index in [1.807, 2.05) is 37.3 Å². The van der Waals surface area contributed by atoms with E-state index in [9.17, 15) is 0 Å². The molecule has 4 nitrogen and oxygen atoms in total. The highest BCUT2D eigenvalue weighted by atomic mass is 14.9. The lowest BCUT2D eigenvalue weighted by Gasteiger charge is -2.39. The van der Waals surface area contributed by atoms with Crippen molar-refractivity contribution >= 4 is 11.1 Å². The van der Waals surface area contributed by atoms with E-state index in [-0.39, 0.29) is 5.41 Å². The Hall–Kier alpha value is -7.82. The van der Waals surface area contributed by atoms with Crippen molar-refractivity contribution in [3.05, 3.63) is 241 Å². The first-order chi connectivity index (χ1) is 33.1. The van der Waals surface area contributed by atoms with Crippen LogP contribution in [0.1, 0.15) is 74.4 Å². The van der Waals surface area contributed by atoms with Gasteiger partial charge in [-0.15, -0.1) is 0 Å². The standard InChI is InChI=1S/C63H54N4/c1-3-17-45(18-4-2)47-25-29-49(30-26-47)57-43-59(66-61(64-57)53-21-11-6-12-22-53)51-33-37-55(38-34-51)63(41-15-8-16-42-63)56-39-35-52(36-40-56)60-44-58(65-62(67-60)54-23-13-7-14-24-54)50-31-27-48(28-32-50)46-19-9-5-10-20-46/h3-5,7,9-11,13-14,17-40,43-44H,1,6,8,12,15-16,41-42H2,2H3/b18-4-,45-17+. The number of hydrogen-bond donors (Lipinski definition) is 0. The first kappa shape index (κ1) is 43.1. The fourth-order valence-corrected chi connectivity index (χ4v) is 9.78. The molecule has 0 spiro atoms. The highest BCUT2D eigenvalue weighted by Gasteiger charge is 2.36. The highest BCUT2D eigenvalue weighted by Crippen LogP contribution is 2.46. The molecule has 67 heavy (non-hydrogen) atoms. The summed E-state index contributed by atoms with van der Waals surface area (Å²) >= 11 is 0. The molecule has 10 rings (SSSR count). The van der Waals surface area contributed by atoms with Crippen LogP contribution in [-0.4, -0.2) is 19.9 Å². The minimum Gasteiger partial charge on any atom is -0.228 e. The number of hydrogen-bond acceptors (Lipinski definition) is 4. The Morgan fingerprint density at radius 2 is 0.955 bits per heavy atom. The van der Waals surface area contributed by atoms with E-state index in [1.54, 1.807) is 0 Å². The molecule has 0 bridgehead atoms. The molecule has 8 aromatic rings. The minimum absolute atomic E-state index is 0.0881. The van der Waals surface area contributed by atoms with Gasteiger partial charge in [0.2, 0.25) is 0 Å². The summed E-state index contributed by atoms with van der Waals surface area (Å²) < 4.78 is 0. The van der Waals surface area contributed by atoms with Crippen molar-refractivity contribution in [3.8, 4) is 67.5 Å². The van der Waals surface area contributed by atoms with Crippen LogP contribution in [0.5, 0.6) is 0 Å². The Balaban J connectivity index is 0.974. The summed E-state index contributed by atoms with van der Waals surface area (Å²) in [6, 6.07) is 60.9. The molecule has 0 atom stereocenters. The number of benzene rings is 6. The second-order valence-corrected chi connectivity index (χ2v) is 17.6. The number of allylic oxidation sites excluding steroid dienone is 9. The molecule has 2 heterocycles. The van der Waals surface area contributed by atoms with Gasteiger partial charge in [0, 0.05) is 38.8 Å². The Morgan fingerprint density at radius 1 is 0.493 bits per heavy atom. The summed E-state index contributed by atoms with van der Waals surface area (Å²) in [5.74, 6) is 1.48. The SMILES string of the molecule is C=C/C=C(\C=C/C)c1ccc(-c2cc(-c3ccc(C4(c5ccc(-c6cc(-c7ccc(-c8ccccc8)cc7)nc(-c7ccccc7)n6)cc5)CCCCC4)cc3)nc(C3=CCCC=C3)n2)cc1. The maximum absolute atomic E-state index is 5.20. The van der Waals surface area contributed by atoms with E-state index in [4.69, 9.17) is 19.9 Å². The van der Waals surface area contributed by atoms with Crippen molar-refractivity contribution in [2.24, 2.45) is 0 Å². The third-order valence-corrected chi connectivity index (χ3v) is 13.4. The molecule has 0 saturated heterocycles. The molecule has 6 aromatic carbocycles. The van der Waals surface area contributed by atoms with Crippen molar-refractivity contribution < 1.29 is 0 Å². The topological polar surface area (TPSA) is 51.6 Å². The van der Waals surface area contributed by atoms with E-state index < -0.39 is 0 Å². The van der Waals surface area contributed by atoms with Gasteiger partial charge >= 0.3 is 0 Å². The first-order valence-electron chi connectivity index (χ1n) is 23.7. The zero-order chi connectivity index (χ0) is 45.4.